The zero-order valence-electron chi connectivity index (χ0n) is 29.3. The number of carbonyl (C=O) groups excluding carboxylic acids is 1. The predicted octanol–water partition coefficient (Wildman–Crippen LogP) is 8.42. The molecule has 1 fully saturated rings. The summed E-state index contributed by atoms with van der Waals surface area (Å²) in [5.41, 5.74) is 2.39. The summed E-state index contributed by atoms with van der Waals surface area (Å²) in [6, 6.07) is 18.0. The number of aromatic nitrogens is 1. The molecular weight excluding hydrogens is 581 g/mol. The zero-order chi connectivity index (χ0) is 35.0. The van der Waals surface area contributed by atoms with Gasteiger partial charge in [-0.05, 0) is 86.8 Å². The van der Waals surface area contributed by atoms with E-state index in [1.807, 2.05) is 55.1 Å². The Hall–Kier alpha value is -3.85. The second-order valence-corrected chi connectivity index (χ2v) is 10.8. The van der Waals surface area contributed by atoms with E-state index in [1.54, 1.807) is 44.7 Å². The second kappa shape index (κ2) is 24.4. The number of hydrogen-bond donors (Lipinski definition) is 1. The van der Waals surface area contributed by atoms with E-state index in [0.717, 1.165) is 55.2 Å². The lowest BCUT2D eigenvalue weighted by atomic mass is 9.99. The summed E-state index contributed by atoms with van der Waals surface area (Å²) in [6.07, 6.45) is 8.45. The molecule has 1 aliphatic rings. The molecule has 0 radical (unpaired) electrons. The van der Waals surface area contributed by atoms with Crippen molar-refractivity contribution in [1.29, 1.82) is 0 Å². The third-order valence-electron chi connectivity index (χ3n) is 7.31. The Kier molecular flexibility index (Phi) is 22.3. The topological polar surface area (TPSA) is 71.9 Å². The molecule has 1 saturated heterocycles. The van der Waals surface area contributed by atoms with E-state index in [9.17, 15) is 9.18 Å². The SMILES string of the molecule is C=CC.C=CC.CCC[N+](C)(CC)C1CCN(C(=O)c2cc(-c3ccc(Oc4ccc(F)cc4)cc3)ccn2)CC1.CO.COC. The quantitative estimate of drug-likeness (QED) is 0.198. The van der Waals surface area contributed by atoms with E-state index < -0.39 is 0 Å². The summed E-state index contributed by atoms with van der Waals surface area (Å²) in [7, 11) is 6.60. The molecule has 0 bridgehead atoms. The molecule has 0 spiro atoms. The lowest BCUT2D eigenvalue weighted by molar-refractivity contribution is -0.933. The molecule has 7 nitrogen and oxygen atoms in total. The summed E-state index contributed by atoms with van der Waals surface area (Å²) in [6.45, 7) is 18.9. The molecule has 46 heavy (non-hydrogen) atoms. The smallest absolute Gasteiger partial charge is 0.272 e. The minimum absolute atomic E-state index is 0.00255. The largest absolute Gasteiger partial charge is 0.457 e. The average molecular weight is 639 g/mol. The van der Waals surface area contributed by atoms with Crippen molar-refractivity contribution in [2.45, 2.75) is 53.0 Å². The number of aliphatic hydroxyl groups excluding tert-OH is 1. The Morgan fingerprint density at radius 2 is 1.43 bits per heavy atom. The van der Waals surface area contributed by atoms with Crippen LogP contribution < -0.4 is 4.74 Å². The summed E-state index contributed by atoms with van der Waals surface area (Å²) in [5, 5.41) is 7.00. The summed E-state index contributed by atoms with van der Waals surface area (Å²) < 4.78 is 24.2. The van der Waals surface area contributed by atoms with Crippen molar-refractivity contribution in [3.63, 3.8) is 0 Å². The van der Waals surface area contributed by atoms with Crippen LogP contribution in [-0.2, 0) is 4.74 Å². The molecule has 0 aliphatic carbocycles. The van der Waals surface area contributed by atoms with Crippen LogP contribution in [0.2, 0.25) is 0 Å². The standard InChI is InChI=1S/C29H35FN3O2.2C3H6.C2H6O.CH4O/c1-4-20-33(3,5-2)25-15-18-32(19-16-25)29(34)28-21-23(14-17-31-28)22-6-10-26(11-7-22)35-27-12-8-24(30)9-13-27;3*1-3-2;1-2/h6-14,17,21,25H,4-5,15-16,18-20H2,1-3H3;2*3H,1H2,2H3;1-2H3;2H,1H3/q+1;;;;. The van der Waals surface area contributed by atoms with Gasteiger partial charge in [0.15, 0.2) is 0 Å². The number of rotatable bonds is 8. The number of nitrogens with zero attached hydrogens (tertiary/aromatic N) is 3. The first-order valence-corrected chi connectivity index (χ1v) is 15.8. The minimum Gasteiger partial charge on any atom is -0.457 e. The fraction of sp³-hybridized carbons (Fsp3) is 0.421. The Labute approximate surface area is 277 Å². The number of aliphatic hydroxyl groups is 1. The Morgan fingerprint density at radius 1 is 0.957 bits per heavy atom. The Morgan fingerprint density at radius 3 is 1.89 bits per heavy atom. The molecule has 8 heteroatoms. The van der Waals surface area contributed by atoms with Crippen LogP contribution in [-0.4, -0.2) is 86.0 Å². The fourth-order valence-electron chi connectivity index (χ4n) is 5.05. The first kappa shape index (κ1) is 42.1. The minimum atomic E-state index is -0.296. The first-order valence-electron chi connectivity index (χ1n) is 15.8. The molecule has 1 aromatic heterocycles. The number of ether oxygens (including phenoxy) is 2. The number of allylic oxidation sites excluding steroid dienone is 2. The van der Waals surface area contributed by atoms with Gasteiger partial charge in [-0.2, -0.15) is 0 Å². The molecule has 1 unspecified atom stereocenters. The highest BCUT2D eigenvalue weighted by Gasteiger charge is 2.35. The van der Waals surface area contributed by atoms with Gasteiger partial charge in [-0.1, -0.05) is 31.2 Å². The molecule has 0 saturated carbocycles. The molecule has 3 aromatic rings. The van der Waals surface area contributed by atoms with Gasteiger partial charge in [-0.15, -0.1) is 13.2 Å². The van der Waals surface area contributed by atoms with Crippen molar-refractivity contribution in [2.75, 3.05) is 54.6 Å². The maximum absolute atomic E-state index is 13.2. The predicted molar refractivity (Wildman–Crippen MR) is 190 cm³/mol. The highest BCUT2D eigenvalue weighted by atomic mass is 19.1. The molecule has 1 atom stereocenters. The number of carbonyl (C=O) groups is 1. The van der Waals surface area contributed by atoms with Crippen molar-refractivity contribution >= 4 is 5.91 Å². The van der Waals surface area contributed by atoms with Gasteiger partial charge < -0.3 is 24.0 Å². The number of likely N-dealkylation sites (tertiary alicyclic amines) is 1. The van der Waals surface area contributed by atoms with Crippen LogP contribution in [0, 0.1) is 5.82 Å². The monoisotopic (exact) mass is 638 g/mol. The van der Waals surface area contributed by atoms with E-state index in [-0.39, 0.29) is 11.7 Å². The number of methoxy groups -OCH3 is 1. The van der Waals surface area contributed by atoms with Crippen LogP contribution in [0.1, 0.15) is 57.4 Å². The van der Waals surface area contributed by atoms with Crippen molar-refractivity contribution in [1.82, 2.24) is 9.88 Å². The maximum Gasteiger partial charge on any atom is 0.272 e. The highest BCUT2D eigenvalue weighted by Crippen LogP contribution is 2.27. The van der Waals surface area contributed by atoms with Gasteiger partial charge in [0.1, 0.15) is 23.0 Å². The summed E-state index contributed by atoms with van der Waals surface area (Å²) in [4.78, 5) is 19.6. The van der Waals surface area contributed by atoms with E-state index in [0.29, 0.717) is 23.2 Å². The number of pyridine rings is 1. The van der Waals surface area contributed by atoms with Crippen LogP contribution >= 0.6 is 0 Å². The first-order chi connectivity index (χ1) is 22.2. The molecule has 2 aromatic carbocycles. The average Bonchev–Trinajstić information content (AvgIpc) is 3.08. The normalized spacial score (nSPS) is 13.3. The third-order valence-corrected chi connectivity index (χ3v) is 7.31. The molecule has 2 heterocycles. The fourth-order valence-corrected chi connectivity index (χ4v) is 5.05. The van der Waals surface area contributed by atoms with Gasteiger partial charge >= 0.3 is 0 Å². The lowest BCUT2D eigenvalue weighted by Crippen LogP contribution is -2.57. The van der Waals surface area contributed by atoms with Crippen LogP contribution in [0.3, 0.4) is 0 Å². The van der Waals surface area contributed by atoms with Gasteiger partial charge in [0.2, 0.25) is 0 Å². The second-order valence-electron chi connectivity index (χ2n) is 10.8. The van der Waals surface area contributed by atoms with E-state index >= 15 is 0 Å². The zero-order valence-corrected chi connectivity index (χ0v) is 29.3. The molecule has 1 N–H and O–H groups in total. The van der Waals surface area contributed by atoms with Crippen molar-refractivity contribution in [2.24, 2.45) is 0 Å². The van der Waals surface area contributed by atoms with E-state index in [1.165, 1.54) is 25.1 Å². The third kappa shape index (κ3) is 14.5. The maximum atomic E-state index is 13.2. The van der Waals surface area contributed by atoms with Gasteiger partial charge in [0.05, 0.1) is 26.2 Å². The highest BCUT2D eigenvalue weighted by molar-refractivity contribution is 5.93. The van der Waals surface area contributed by atoms with Crippen molar-refractivity contribution in [3.05, 3.63) is 104 Å². The van der Waals surface area contributed by atoms with Gasteiger partial charge in [-0.25, -0.2) is 4.39 Å². The molecule has 254 valence electrons. The molecule has 1 amide bonds. The van der Waals surface area contributed by atoms with Crippen LogP contribution in [0.15, 0.2) is 92.2 Å². The number of hydrogen-bond acceptors (Lipinski definition) is 5. The van der Waals surface area contributed by atoms with Crippen molar-refractivity contribution < 1.29 is 28.2 Å². The lowest BCUT2D eigenvalue weighted by Gasteiger charge is -2.44. The van der Waals surface area contributed by atoms with Crippen LogP contribution in [0.5, 0.6) is 11.5 Å². The van der Waals surface area contributed by atoms with Gasteiger partial charge in [-0.3, -0.25) is 9.78 Å². The van der Waals surface area contributed by atoms with E-state index in [4.69, 9.17) is 9.84 Å². The molecule has 4 rings (SSSR count). The molecule has 1 aliphatic heterocycles. The van der Waals surface area contributed by atoms with Crippen LogP contribution in [0.25, 0.3) is 11.1 Å². The van der Waals surface area contributed by atoms with Gasteiger partial charge in [0, 0.05) is 53.5 Å². The van der Waals surface area contributed by atoms with Crippen LogP contribution in [0.4, 0.5) is 4.39 Å². The number of quaternary nitrogens is 1. The number of piperidine rings is 1. The number of benzene rings is 2. The molecular formula is C38H57FN3O4+. The Bertz CT molecular complexity index is 1240. The number of amides is 1. The van der Waals surface area contributed by atoms with Crippen molar-refractivity contribution in [3.8, 4) is 22.6 Å². The van der Waals surface area contributed by atoms with Gasteiger partial charge in [0.25, 0.3) is 5.91 Å². The van der Waals surface area contributed by atoms with E-state index in [2.05, 4.69) is 43.8 Å². The Balaban J connectivity index is 0.00000163. The summed E-state index contributed by atoms with van der Waals surface area (Å²) in [5.74, 6) is 0.944. The summed E-state index contributed by atoms with van der Waals surface area (Å²) >= 11 is 0. The number of halogens is 1.